The number of benzene rings is 2. The van der Waals surface area contributed by atoms with Gasteiger partial charge in [-0.2, -0.15) is 0 Å². The molecular weight excluding hydrogens is 262 g/mol. The van der Waals surface area contributed by atoms with Crippen molar-refractivity contribution in [2.45, 2.75) is 25.4 Å². The Morgan fingerprint density at radius 1 is 1.05 bits per heavy atom. The molecule has 3 rings (SSSR count). The van der Waals surface area contributed by atoms with Crippen molar-refractivity contribution in [3.05, 3.63) is 59.7 Å². The molecule has 0 unspecified atom stereocenters. The van der Waals surface area contributed by atoms with Crippen molar-refractivity contribution >= 4 is 0 Å². The van der Waals surface area contributed by atoms with E-state index in [1.165, 1.54) is 5.56 Å². The number of aromatic hydroxyl groups is 1. The Bertz CT molecular complexity index is 577. The first-order valence-corrected chi connectivity index (χ1v) is 7.53. The standard InChI is InChI=1S/C18H21NO2/c20-17-7-6-16(15-8-10-19-11-9-15)12-18(17)21-13-14-4-2-1-3-5-14/h1-7,12,15,19-20H,8-11,13H2. The van der Waals surface area contributed by atoms with Gasteiger partial charge in [0.1, 0.15) is 6.61 Å². The Kier molecular flexibility index (Phi) is 4.41. The van der Waals surface area contributed by atoms with Crippen molar-refractivity contribution in [2.24, 2.45) is 0 Å². The molecule has 1 aliphatic rings. The van der Waals surface area contributed by atoms with Crippen LogP contribution in [0.25, 0.3) is 0 Å². The lowest BCUT2D eigenvalue weighted by Crippen LogP contribution is -2.26. The molecule has 3 heteroatoms. The summed E-state index contributed by atoms with van der Waals surface area (Å²) >= 11 is 0. The van der Waals surface area contributed by atoms with Crippen LogP contribution in [-0.4, -0.2) is 18.2 Å². The molecule has 0 radical (unpaired) electrons. The van der Waals surface area contributed by atoms with Gasteiger partial charge in [0.15, 0.2) is 11.5 Å². The predicted octanol–water partition coefficient (Wildman–Crippen LogP) is 3.44. The molecular formula is C18H21NO2. The van der Waals surface area contributed by atoms with E-state index in [0.717, 1.165) is 31.5 Å². The Morgan fingerprint density at radius 2 is 1.81 bits per heavy atom. The van der Waals surface area contributed by atoms with E-state index in [-0.39, 0.29) is 5.75 Å². The zero-order valence-electron chi connectivity index (χ0n) is 12.1. The number of phenolic OH excluding ortho intramolecular Hbond substituents is 1. The molecule has 0 aromatic heterocycles. The SMILES string of the molecule is Oc1ccc(C2CCNCC2)cc1OCc1ccccc1. The normalized spacial score (nSPS) is 15.8. The molecule has 2 aromatic carbocycles. The zero-order chi connectivity index (χ0) is 14.5. The number of piperidine rings is 1. The summed E-state index contributed by atoms with van der Waals surface area (Å²) in [5.74, 6) is 1.35. The second-order valence-electron chi connectivity index (χ2n) is 5.53. The average molecular weight is 283 g/mol. The average Bonchev–Trinajstić information content (AvgIpc) is 2.56. The van der Waals surface area contributed by atoms with E-state index in [9.17, 15) is 5.11 Å². The van der Waals surface area contributed by atoms with Crippen LogP contribution in [0.15, 0.2) is 48.5 Å². The highest BCUT2D eigenvalue weighted by Gasteiger charge is 2.16. The Balaban J connectivity index is 1.72. The second kappa shape index (κ2) is 6.64. The van der Waals surface area contributed by atoms with Crippen molar-refractivity contribution in [1.29, 1.82) is 0 Å². The van der Waals surface area contributed by atoms with Crippen molar-refractivity contribution < 1.29 is 9.84 Å². The highest BCUT2D eigenvalue weighted by atomic mass is 16.5. The summed E-state index contributed by atoms with van der Waals surface area (Å²) in [5, 5.41) is 13.4. The van der Waals surface area contributed by atoms with Gasteiger partial charge in [0.2, 0.25) is 0 Å². The zero-order valence-corrected chi connectivity index (χ0v) is 12.1. The van der Waals surface area contributed by atoms with Gasteiger partial charge in [-0.25, -0.2) is 0 Å². The molecule has 0 atom stereocenters. The fraction of sp³-hybridized carbons (Fsp3) is 0.333. The third-order valence-electron chi connectivity index (χ3n) is 4.03. The maximum Gasteiger partial charge on any atom is 0.161 e. The fourth-order valence-electron chi connectivity index (χ4n) is 2.79. The highest BCUT2D eigenvalue weighted by Crippen LogP contribution is 2.33. The molecule has 3 nitrogen and oxygen atoms in total. The van der Waals surface area contributed by atoms with Crippen LogP contribution in [0.3, 0.4) is 0 Å². The van der Waals surface area contributed by atoms with Crippen molar-refractivity contribution in [2.75, 3.05) is 13.1 Å². The molecule has 1 aliphatic heterocycles. The lowest BCUT2D eigenvalue weighted by atomic mass is 9.90. The lowest BCUT2D eigenvalue weighted by molar-refractivity contribution is 0.288. The van der Waals surface area contributed by atoms with E-state index >= 15 is 0 Å². The van der Waals surface area contributed by atoms with Crippen molar-refractivity contribution in [3.8, 4) is 11.5 Å². The quantitative estimate of drug-likeness (QED) is 0.903. The Morgan fingerprint density at radius 3 is 2.57 bits per heavy atom. The summed E-state index contributed by atoms with van der Waals surface area (Å²) in [6.07, 6.45) is 2.28. The number of hydrogen-bond donors (Lipinski definition) is 2. The van der Waals surface area contributed by atoms with E-state index in [0.29, 0.717) is 18.3 Å². The maximum atomic E-state index is 9.97. The van der Waals surface area contributed by atoms with Crippen LogP contribution in [-0.2, 0) is 6.61 Å². The third kappa shape index (κ3) is 3.56. The van der Waals surface area contributed by atoms with Crippen molar-refractivity contribution in [3.63, 3.8) is 0 Å². The minimum Gasteiger partial charge on any atom is -0.504 e. The van der Waals surface area contributed by atoms with Gasteiger partial charge in [0.25, 0.3) is 0 Å². The summed E-state index contributed by atoms with van der Waals surface area (Å²) in [6, 6.07) is 15.8. The number of hydrogen-bond acceptors (Lipinski definition) is 3. The van der Waals surface area contributed by atoms with E-state index in [1.54, 1.807) is 6.07 Å². The van der Waals surface area contributed by atoms with E-state index in [4.69, 9.17) is 4.74 Å². The smallest absolute Gasteiger partial charge is 0.161 e. The van der Waals surface area contributed by atoms with Crippen LogP contribution in [0.2, 0.25) is 0 Å². The minimum absolute atomic E-state index is 0.212. The molecule has 0 bridgehead atoms. The van der Waals surface area contributed by atoms with Gasteiger partial charge in [-0.1, -0.05) is 36.4 Å². The first kappa shape index (κ1) is 14.0. The molecule has 21 heavy (non-hydrogen) atoms. The lowest BCUT2D eigenvalue weighted by Gasteiger charge is -2.23. The molecule has 1 heterocycles. The molecule has 1 saturated heterocycles. The van der Waals surface area contributed by atoms with E-state index in [1.807, 2.05) is 42.5 Å². The number of nitrogens with one attached hydrogen (secondary N) is 1. The molecule has 2 aromatic rings. The largest absolute Gasteiger partial charge is 0.504 e. The second-order valence-corrected chi connectivity index (χ2v) is 5.53. The molecule has 110 valence electrons. The molecule has 0 saturated carbocycles. The van der Waals surface area contributed by atoms with E-state index < -0.39 is 0 Å². The van der Waals surface area contributed by atoms with Crippen LogP contribution < -0.4 is 10.1 Å². The van der Waals surface area contributed by atoms with Crippen LogP contribution in [0.4, 0.5) is 0 Å². The maximum absolute atomic E-state index is 9.97. The fourth-order valence-corrected chi connectivity index (χ4v) is 2.79. The first-order chi connectivity index (χ1) is 10.3. The number of phenols is 1. The predicted molar refractivity (Wildman–Crippen MR) is 83.7 cm³/mol. The summed E-state index contributed by atoms with van der Waals surface area (Å²) in [7, 11) is 0. The summed E-state index contributed by atoms with van der Waals surface area (Å²) in [6.45, 7) is 2.60. The van der Waals surface area contributed by atoms with Gasteiger partial charge >= 0.3 is 0 Å². The first-order valence-electron chi connectivity index (χ1n) is 7.53. The number of ether oxygens (including phenoxy) is 1. The van der Waals surface area contributed by atoms with Gasteiger partial charge in [-0.3, -0.25) is 0 Å². The topological polar surface area (TPSA) is 41.5 Å². The third-order valence-corrected chi connectivity index (χ3v) is 4.03. The molecule has 0 aliphatic carbocycles. The Labute approximate surface area is 125 Å². The van der Waals surface area contributed by atoms with Crippen LogP contribution in [0, 0.1) is 0 Å². The van der Waals surface area contributed by atoms with Crippen LogP contribution >= 0.6 is 0 Å². The minimum atomic E-state index is 0.212. The van der Waals surface area contributed by atoms with Gasteiger partial charge in [0.05, 0.1) is 0 Å². The Hall–Kier alpha value is -2.00. The van der Waals surface area contributed by atoms with Gasteiger partial charge < -0.3 is 15.2 Å². The number of rotatable bonds is 4. The molecule has 0 spiro atoms. The van der Waals surface area contributed by atoms with Gasteiger partial charge in [-0.15, -0.1) is 0 Å². The van der Waals surface area contributed by atoms with Crippen LogP contribution in [0.1, 0.15) is 29.9 Å². The van der Waals surface area contributed by atoms with Crippen molar-refractivity contribution in [1.82, 2.24) is 5.32 Å². The molecule has 0 amide bonds. The molecule has 2 N–H and O–H groups in total. The molecule has 1 fully saturated rings. The monoisotopic (exact) mass is 283 g/mol. The van der Waals surface area contributed by atoms with Gasteiger partial charge in [-0.05, 0) is 55.1 Å². The highest BCUT2D eigenvalue weighted by molar-refractivity contribution is 5.43. The van der Waals surface area contributed by atoms with E-state index in [2.05, 4.69) is 5.32 Å². The summed E-state index contributed by atoms with van der Waals surface area (Å²) in [5.41, 5.74) is 2.36. The summed E-state index contributed by atoms with van der Waals surface area (Å²) in [4.78, 5) is 0. The van der Waals surface area contributed by atoms with Gasteiger partial charge in [0, 0.05) is 0 Å². The van der Waals surface area contributed by atoms with Crippen LogP contribution in [0.5, 0.6) is 11.5 Å². The summed E-state index contributed by atoms with van der Waals surface area (Å²) < 4.78 is 5.79.